The molecule has 0 spiro atoms. The topological polar surface area (TPSA) is 102 Å². The van der Waals surface area contributed by atoms with E-state index in [1.165, 1.54) is 26.0 Å². The van der Waals surface area contributed by atoms with Gasteiger partial charge in [0.15, 0.2) is 6.10 Å². The number of nitro benzene ring substituents is 1. The lowest BCUT2D eigenvalue weighted by molar-refractivity contribution is -0.386. The molecule has 2 N–H and O–H groups in total. The van der Waals surface area contributed by atoms with Gasteiger partial charge in [-0.2, -0.15) is 0 Å². The Morgan fingerprint density at radius 1 is 1.52 bits per heavy atom. The smallest absolute Gasteiger partial charge is 0.312 e. The third-order valence-electron chi connectivity index (χ3n) is 2.72. The SMILES string of the molecule is CCNC(=O)C(C)Oc1c([C@H](C)O)cc(Br)cc1[N+](=O)[O-]. The third kappa shape index (κ3) is 4.40. The monoisotopic (exact) mass is 360 g/mol. The van der Waals surface area contributed by atoms with Crippen molar-refractivity contribution in [2.45, 2.75) is 33.0 Å². The summed E-state index contributed by atoms with van der Waals surface area (Å²) in [5.74, 6) is -0.483. The Kier molecular flexibility index (Phi) is 6.10. The molecule has 0 saturated heterocycles. The molecule has 0 radical (unpaired) electrons. The van der Waals surface area contributed by atoms with Crippen LogP contribution in [0.2, 0.25) is 0 Å². The van der Waals surface area contributed by atoms with E-state index in [2.05, 4.69) is 21.2 Å². The number of nitrogens with zero attached hydrogens (tertiary/aromatic N) is 1. The third-order valence-corrected chi connectivity index (χ3v) is 3.18. The fourth-order valence-electron chi connectivity index (χ4n) is 1.72. The maximum absolute atomic E-state index is 11.7. The molecular formula is C13H17BrN2O5. The second-order valence-electron chi connectivity index (χ2n) is 4.43. The molecule has 0 saturated carbocycles. The van der Waals surface area contributed by atoms with E-state index in [-0.39, 0.29) is 22.9 Å². The minimum absolute atomic E-state index is 0.100. The van der Waals surface area contributed by atoms with E-state index in [0.717, 1.165) is 0 Å². The van der Waals surface area contributed by atoms with Gasteiger partial charge in [0.05, 0.1) is 11.0 Å². The lowest BCUT2D eigenvalue weighted by Crippen LogP contribution is -2.36. The van der Waals surface area contributed by atoms with Crippen LogP contribution < -0.4 is 10.1 Å². The second-order valence-corrected chi connectivity index (χ2v) is 5.35. The molecule has 0 heterocycles. The van der Waals surface area contributed by atoms with E-state index in [9.17, 15) is 20.0 Å². The normalized spacial score (nSPS) is 13.4. The molecule has 8 heteroatoms. The fourth-order valence-corrected chi connectivity index (χ4v) is 2.19. The molecular weight excluding hydrogens is 344 g/mol. The minimum atomic E-state index is -0.974. The van der Waals surface area contributed by atoms with Gasteiger partial charge < -0.3 is 15.2 Å². The number of amides is 1. The number of hydrogen-bond acceptors (Lipinski definition) is 5. The van der Waals surface area contributed by atoms with Crippen LogP contribution >= 0.6 is 15.9 Å². The Balaban J connectivity index is 3.25. The Labute approximate surface area is 130 Å². The van der Waals surface area contributed by atoms with Crippen molar-refractivity contribution in [1.82, 2.24) is 5.32 Å². The zero-order valence-electron chi connectivity index (χ0n) is 11.9. The van der Waals surface area contributed by atoms with Gasteiger partial charge in [-0.1, -0.05) is 15.9 Å². The highest BCUT2D eigenvalue weighted by atomic mass is 79.9. The Bertz CT molecular complexity index is 548. The lowest BCUT2D eigenvalue weighted by atomic mass is 10.1. The number of ether oxygens (including phenoxy) is 1. The molecule has 1 amide bonds. The summed E-state index contributed by atoms with van der Waals surface area (Å²) >= 11 is 3.15. The number of nitro groups is 1. The Hall–Kier alpha value is -1.67. The second kappa shape index (κ2) is 7.37. The fraction of sp³-hybridized carbons (Fsp3) is 0.462. The number of hydrogen-bond donors (Lipinski definition) is 2. The quantitative estimate of drug-likeness (QED) is 0.598. The molecule has 0 aliphatic heterocycles. The predicted molar refractivity (Wildman–Crippen MR) is 80.2 cm³/mol. The van der Waals surface area contributed by atoms with Gasteiger partial charge in [0.2, 0.25) is 5.75 Å². The first-order valence-corrected chi connectivity index (χ1v) is 7.17. The van der Waals surface area contributed by atoms with Gasteiger partial charge in [0.25, 0.3) is 5.91 Å². The number of aliphatic hydroxyl groups excluding tert-OH is 1. The number of halogens is 1. The molecule has 0 aliphatic rings. The number of carbonyl (C=O) groups excluding carboxylic acids is 1. The molecule has 0 aliphatic carbocycles. The predicted octanol–water partition coefficient (Wildman–Crippen LogP) is 2.31. The minimum Gasteiger partial charge on any atom is -0.473 e. The summed E-state index contributed by atoms with van der Waals surface area (Å²) in [5.41, 5.74) is -0.0661. The molecule has 21 heavy (non-hydrogen) atoms. The molecule has 0 fully saturated rings. The van der Waals surface area contributed by atoms with E-state index >= 15 is 0 Å². The molecule has 116 valence electrons. The highest BCUT2D eigenvalue weighted by molar-refractivity contribution is 9.10. The van der Waals surface area contributed by atoms with E-state index in [1.807, 2.05) is 0 Å². The first-order chi connectivity index (χ1) is 9.77. The summed E-state index contributed by atoms with van der Waals surface area (Å²) in [6, 6.07) is 2.79. The number of rotatable bonds is 6. The summed E-state index contributed by atoms with van der Waals surface area (Å²) in [7, 11) is 0. The van der Waals surface area contributed by atoms with Gasteiger partial charge in [0.1, 0.15) is 0 Å². The van der Waals surface area contributed by atoms with Gasteiger partial charge >= 0.3 is 5.69 Å². The van der Waals surface area contributed by atoms with Crippen molar-refractivity contribution in [2.75, 3.05) is 6.54 Å². The van der Waals surface area contributed by atoms with Gasteiger partial charge in [-0.25, -0.2) is 0 Å². The van der Waals surface area contributed by atoms with Crippen molar-refractivity contribution in [3.05, 3.63) is 32.3 Å². The lowest BCUT2D eigenvalue weighted by Gasteiger charge is -2.18. The summed E-state index contributed by atoms with van der Waals surface area (Å²) < 4.78 is 5.88. The zero-order chi connectivity index (χ0) is 16.2. The van der Waals surface area contributed by atoms with Crippen LogP contribution in [0.25, 0.3) is 0 Å². The van der Waals surface area contributed by atoms with E-state index in [4.69, 9.17) is 4.74 Å². The van der Waals surface area contributed by atoms with Crippen molar-refractivity contribution < 1.29 is 19.6 Å². The van der Waals surface area contributed by atoms with Gasteiger partial charge in [-0.3, -0.25) is 14.9 Å². The Morgan fingerprint density at radius 3 is 2.62 bits per heavy atom. The van der Waals surface area contributed by atoms with Crippen LogP contribution in [0.3, 0.4) is 0 Å². The summed E-state index contributed by atoms with van der Waals surface area (Å²) in [5, 5.41) is 23.5. The van der Waals surface area contributed by atoms with Gasteiger partial charge in [0, 0.05) is 22.6 Å². The molecule has 1 rings (SSSR count). The summed E-state index contributed by atoms with van der Waals surface area (Å²) in [6.07, 6.45) is -1.89. The van der Waals surface area contributed by atoms with Crippen molar-refractivity contribution in [3.63, 3.8) is 0 Å². The Morgan fingerprint density at radius 2 is 2.14 bits per heavy atom. The number of benzene rings is 1. The average molecular weight is 361 g/mol. The number of nitrogens with one attached hydrogen (secondary N) is 1. The van der Waals surface area contributed by atoms with Crippen molar-refractivity contribution >= 4 is 27.5 Å². The standard InChI is InChI=1S/C13H17BrN2O5/c1-4-15-13(18)8(3)21-12-10(7(2)17)5-9(14)6-11(12)16(19)20/h5-8,17H,4H2,1-3H3,(H,15,18)/t7-,8?/m0/s1. The van der Waals surface area contributed by atoms with Crippen LogP contribution in [-0.4, -0.2) is 28.6 Å². The first-order valence-electron chi connectivity index (χ1n) is 6.38. The van der Waals surface area contributed by atoms with Gasteiger partial charge in [-0.05, 0) is 26.8 Å². The summed E-state index contributed by atoms with van der Waals surface area (Å²) in [6.45, 7) is 5.14. The van der Waals surface area contributed by atoms with Crippen molar-refractivity contribution in [1.29, 1.82) is 0 Å². The molecule has 1 aromatic carbocycles. The van der Waals surface area contributed by atoms with E-state index in [0.29, 0.717) is 11.0 Å². The first kappa shape index (κ1) is 17.4. The molecule has 1 aromatic rings. The van der Waals surface area contributed by atoms with Crippen LogP contribution in [0.5, 0.6) is 5.75 Å². The van der Waals surface area contributed by atoms with Crippen molar-refractivity contribution in [2.24, 2.45) is 0 Å². The maximum atomic E-state index is 11.7. The van der Waals surface area contributed by atoms with Gasteiger partial charge in [-0.15, -0.1) is 0 Å². The largest absolute Gasteiger partial charge is 0.473 e. The zero-order valence-corrected chi connectivity index (χ0v) is 13.5. The van der Waals surface area contributed by atoms with E-state index < -0.39 is 17.1 Å². The molecule has 2 atom stereocenters. The highest BCUT2D eigenvalue weighted by Crippen LogP contribution is 2.38. The summed E-state index contributed by atoms with van der Waals surface area (Å²) in [4.78, 5) is 22.2. The molecule has 7 nitrogen and oxygen atoms in total. The van der Waals surface area contributed by atoms with Crippen LogP contribution in [-0.2, 0) is 4.79 Å². The highest BCUT2D eigenvalue weighted by Gasteiger charge is 2.26. The van der Waals surface area contributed by atoms with Crippen LogP contribution in [0.4, 0.5) is 5.69 Å². The van der Waals surface area contributed by atoms with Crippen LogP contribution in [0.1, 0.15) is 32.4 Å². The number of likely N-dealkylation sites (N-methyl/N-ethyl adjacent to an activating group) is 1. The number of carbonyl (C=O) groups is 1. The molecule has 0 aromatic heterocycles. The van der Waals surface area contributed by atoms with Crippen LogP contribution in [0.15, 0.2) is 16.6 Å². The van der Waals surface area contributed by atoms with Crippen LogP contribution in [0, 0.1) is 10.1 Å². The van der Waals surface area contributed by atoms with E-state index in [1.54, 1.807) is 6.92 Å². The maximum Gasteiger partial charge on any atom is 0.312 e. The molecule has 1 unspecified atom stereocenters. The number of aliphatic hydroxyl groups is 1. The average Bonchev–Trinajstić information content (AvgIpc) is 2.39. The van der Waals surface area contributed by atoms with Crippen molar-refractivity contribution in [3.8, 4) is 5.75 Å². The molecule has 0 bridgehead atoms.